The molecule has 2 aromatic rings. The highest BCUT2D eigenvalue weighted by Gasteiger charge is 2.13. The predicted octanol–water partition coefficient (Wildman–Crippen LogP) is 4.58. The minimum absolute atomic E-state index is 0.502. The van der Waals surface area contributed by atoms with E-state index in [9.17, 15) is 5.11 Å². The Hall–Kier alpha value is -1.02. The van der Waals surface area contributed by atoms with E-state index in [0.29, 0.717) is 16.5 Å². The number of rotatable bonds is 3. The molecule has 0 aliphatic rings. The maximum Gasteiger partial charge on any atom is 0.0833 e. The van der Waals surface area contributed by atoms with E-state index in [1.165, 1.54) is 0 Å². The van der Waals surface area contributed by atoms with Crippen LogP contribution in [0.3, 0.4) is 0 Å². The van der Waals surface area contributed by atoms with Crippen molar-refractivity contribution < 1.29 is 5.11 Å². The molecular weight excluding hydrogens is 267 g/mol. The number of hydrogen-bond acceptors (Lipinski definition) is 1. The van der Waals surface area contributed by atoms with Gasteiger partial charge in [0.15, 0.2) is 0 Å². The molecule has 2 rings (SSSR count). The normalized spacial score (nSPS) is 12.4. The Balaban J connectivity index is 2.22. The highest BCUT2D eigenvalue weighted by molar-refractivity contribution is 6.31. The summed E-state index contributed by atoms with van der Waals surface area (Å²) in [6.45, 7) is 1.94. The summed E-state index contributed by atoms with van der Waals surface area (Å²) in [5.41, 5.74) is 2.82. The Labute approximate surface area is 117 Å². The maximum atomic E-state index is 10.3. The van der Waals surface area contributed by atoms with Crippen LogP contribution in [0.1, 0.15) is 22.8 Å². The molecule has 0 heterocycles. The van der Waals surface area contributed by atoms with E-state index in [2.05, 4.69) is 0 Å². The third kappa shape index (κ3) is 3.05. The van der Waals surface area contributed by atoms with Crippen LogP contribution in [0.15, 0.2) is 42.5 Å². The van der Waals surface area contributed by atoms with Crippen molar-refractivity contribution in [2.75, 3.05) is 0 Å². The molecule has 2 aromatic carbocycles. The number of aryl methyl sites for hydroxylation is 1. The van der Waals surface area contributed by atoms with Gasteiger partial charge in [-0.25, -0.2) is 0 Å². The SMILES string of the molecule is Cc1cc(Cl)ccc1C(O)Cc1ccccc1Cl. The van der Waals surface area contributed by atoms with Crippen LogP contribution in [0.2, 0.25) is 10.0 Å². The molecule has 3 heteroatoms. The van der Waals surface area contributed by atoms with Gasteiger partial charge in [0.2, 0.25) is 0 Å². The lowest BCUT2D eigenvalue weighted by Gasteiger charge is -2.14. The summed E-state index contributed by atoms with van der Waals surface area (Å²) in [4.78, 5) is 0. The largest absolute Gasteiger partial charge is 0.388 e. The van der Waals surface area contributed by atoms with Crippen LogP contribution in [-0.4, -0.2) is 5.11 Å². The van der Waals surface area contributed by atoms with Gasteiger partial charge < -0.3 is 5.11 Å². The van der Waals surface area contributed by atoms with Crippen molar-refractivity contribution in [2.45, 2.75) is 19.4 Å². The highest BCUT2D eigenvalue weighted by atomic mass is 35.5. The van der Waals surface area contributed by atoms with E-state index < -0.39 is 6.10 Å². The topological polar surface area (TPSA) is 20.2 Å². The number of hydrogen-bond donors (Lipinski definition) is 1. The van der Waals surface area contributed by atoms with Gasteiger partial charge in [-0.2, -0.15) is 0 Å². The Morgan fingerprint density at radius 3 is 2.50 bits per heavy atom. The molecule has 0 spiro atoms. The fourth-order valence-electron chi connectivity index (χ4n) is 2.00. The molecule has 1 N–H and O–H groups in total. The third-order valence-corrected chi connectivity index (χ3v) is 3.57. The molecule has 1 unspecified atom stereocenters. The van der Waals surface area contributed by atoms with Gasteiger partial charge in [0, 0.05) is 16.5 Å². The quantitative estimate of drug-likeness (QED) is 0.873. The molecular formula is C15H14Cl2O. The summed E-state index contributed by atoms with van der Waals surface area (Å²) in [6, 6.07) is 13.1. The van der Waals surface area contributed by atoms with Crippen LogP contribution >= 0.6 is 23.2 Å². The van der Waals surface area contributed by atoms with Gasteiger partial charge in [-0.05, 0) is 41.8 Å². The second kappa shape index (κ2) is 5.75. The van der Waals surface area contributed by atoms with E-state index in [0.717, 1.165) is 16.7 Å². The smallest absolute Gasteiger partial charge is 0.0833 e. The average molecular weight is 281 g/mol. The van der Waals surface area contributed by atoms with Crippen molar-refractivity contribution in [3.05, 3.63) is 69.2 Å². The van der Waals surface area contributed by atoms with Crippen molar-refractivity contribution in [1.29, 1.82) is 0 Å². The van der Waals surface area contributed by atoms with E-state index in [-0.39, 0.29) is 0 Å². The zero-order valence-electron chi connectivity index (χ0n) is 10.0. The molecule has 1 atom stereocenters. The van der Waals surface area contributed by atoms with Crippen LogP contribution in [0.5, 0.6) is 0 Å². The van der Waals surface area contributed by atoms with Gasteiger partial charge >= 0.3 is 0 Å². The number of halogens is 2. The minimum Gasteiger partial charge on any atom is -0.388 e. The van der Waals surface area contributed by atoms with Gasteiger partial charge in [0.05, 0.1) is 6.10 Å². The molecule has 0 saturated carbocycles. The first kappa shape index (κ1) is 13.4. The van der Waals surface area contributed by atoms with Crippen LogP contribution < -0.4 is 0 Å². The lowest BCUT2D eigenvalue weighted by Crippen LogP contribution is -2.04. The molecule has 0 bridgehead atoms. The maximum absolute atomic E-state index is 10.3. The molecule has 0 radical (unpaired) electrons. The molecule has 0 aliphatic carbocycles. The lowest BCUT2D eigenvalue weighted by molar-refractivity contribution is 0.178. The van der Waals surface area contributed by atoms with E-state index in [4.69, 9.17) is 23.2 Å². The first-order chi connectivity index (χ1) is 8.58. The zero-order valence-corrected chi connectivity index (χ0v) is 11.5. The second-order valence-corrected chi connectivity index (χ2v) is 5.16. The van der Waals surface area contributed by atoms with Gasteiger partial charge in [0.25, 0.3) is 0 Å². The predicted molar refractivity (Wildman–Crippen MR) is 76.3 cm³/mol. The molecule has 0 amide bonds. The Morgan fingerprint density at radius 2 is 1.83 bits per heavy atom. The summed E-state index contributed by atoms with van der Waals surface area (Å²) < 4.78 is 0. The molecule has 0 aromatic heterocycles. The number of aliphatic hydroxyl groups excluding tert-OH is 1. The first-order valence-electron chi connectivity index (χ1n) is 5.75. The Kier molecular flexibility index (Phi) is 4.28. The van der Waals surface area contributed by atoms with Crippen LogP contribution in [-0.2, 0) is 6.42 Å². The molecule has 1 nitrogen and oxygen atoms in total. The monoisotopic (exact) mass is 280 g/mol. The summed E-state index contributed by atoms with van der Waals surface area (Å²) in [5, 5.41) is 11.6. The fourth-order valence-corrected chi connectivity index (χ4v) is 2.43. The zero-order chi connectivity index (χ0) is 13.1. The minimum atomic E-state index is -0.567. The van der Waals surface area contributed by atoms with Crippen LogP contribution in [0, 0.1) is 6.92 Å². The summed E-state index contributed by atoms with van der Waals surface area (Å²) >= 11 is 12.0. The first-order valence-corrected chi connectivity index (χ1v) is 6.51. The molecule has 94 valence electrons. The van der Waals surface area contributed by atoms with Crippen molar-refractivity contribution in [2.24, 2.45) is 0 Å². The highest BCUT2D eigenvalue weighted by Crippen LogP contribution is 2.26. The van der Waals surface area contributed by atoms with Crippen LogP contribution in [0.4, 0.5) is 0 Å². The molecule has 0 aliphatic heterocycles. The van der Waals surface area contributed by atoms with Crippen LogP contribution in [0.25, 0.3) is 0 Å². The fraction of sp³-hybridized carbons (Fsp3) is 0.200. The molecule has 18 heavy (non-hydrogen) atoms. The van der Waals surface area contributed by atoms with Gasteiger partial charge in [-0.15, -0.1) is 0 Å². The van der Waals surface area contributed by atoms with Gasteiger partial charge in [-0.3, -0.25) is 0 Å². The van der Waals surface area contributed by atoms with Crippen molar-refractivity contribution in [3.63, 3.8) is 0 Å². The van der Waals surface area contributed by atoms with Gasteiger partial charge in [0.1, 0.15) is 0 Å². The second-order valence-electron chi connectivity index (χ2n) is 4.31. The van der Waals surface area contributed by atoms with Crippen molar-refractivity contribution >= 4 is 23.2 Å². The van der Waals surface area contributed by atoms with Gasteiger partial charge in [-0.1, -0.05) is 47.5 Å². The Bertz CT molecular complexity index is 552. The summed E-state index contributed by atoms with van der Waals surface area (Å²) in [6.07, 6.45) is -0.0653. The third-order valence-electron chi connectivity index (χ3n) is 2.96. The average Bonchev–Trinajstić information content (AvgIpc) is 2.32. The standard InChI is InChI=1S/C15H14Cl2O/c1-10-8-12(16)6-7-13(10)15(18)9-11-4-2-3-5-14(11)17/h2-8,15,18H,9H2,1H3. The number of benzene rings is 2. The number of aliphatic hydroxyl groups is 1. The van der Waals surface area contributed by atoms with Crippen molar-refractivity contribution in [3.8, 4) is 0 Å². The molecule has 0 saturated heterocycles. The molecule has 0 fully saturated rings. The Morgan fingerprint density at radius 1 is 1.11 bits per heavy atom. The lowest BCUT2D eigenvalue weighted by atomic mass is 9.98. The van der Waals surface area contributed by atoms with Crippen molar-refractivity contribution in [1.82, 2.24) is 0 Å². The van der Waals surface area contributed by atoms with E-state index >= 15 is 0 Å². The summed E-state index contributed by atoms with van der Waals surface area (Å²) in [5.74, 6) is 0. The van der Waals surface area contributed by atoms with E-state index in [1.807, 2.05) is 43.3 Å². The summed E-state index contributed by atoms with van der Waals surface area (Å²) in [7, 11) is 0. The van der Waals surface area contributed by atoms with E-state index in [1.54, 1.807) is 6.07 Å².